The van der Waals surface area contributed by atoms with E-state index in [1.807, 2.05) is 0 Å². The third-order valence-electron chi connectivity index (χ3n) is 3.04. The maximum absolute atomic E-state index is 12.2. The van der Waals surface area contributed by atoms with Crippen LogP contribution >= 0.6 is 11.8 Å². The van der Waals surface area contributed by atoms with Crippen LogP contribution in [0, 0.1) is 0 Å². The van der Waals surface area contributed by atoms with Crippen molar-refractivity contribution in [3.05, 3.63) is 47.4 Å². The standard InChI is InChI=1S/C17H17NO5S/c1-3-9-18-16(20)14(24-17(18)21)10-12-7-5-6-8-13(12)23-11-15(19)22-4-2/h3,5-8,10H,1,4,9,11H2,2H3/b14-10+. The molecule has 1 aliphatic rings. The molecule has 1 heterocycles. The fourth-order valence-corrected chi connectivity index (χ4v) is 2.84. The van der Waals surface area contributed by atoms with Crippen LogP contribution in [-0.4, -0.2) is 41.8 Å². The maximum atomic E-state index is 12.2. The normalized spacial score (nSPS) is 15.7. The van der Waals surface area contributed by atoms with Crippen molar-refractivity contribution in [2.24, 2.45) is 0 Å². The van der Waals surface area contributed by atoms with E-state index in [-0.39, 0.29) is 30.9 Å². The summed E-state index contributed by atoms with van der Waals surface area (Å²) in [5.41, 5.74) is 0.603. The number of carbonyl (C=O) groups is 3. The first-order valence-electron chi connectivity index (χ1n) is 7.30. The first-order valence-corrected chi connectivity index (χ1v) is 8.12. The van der Waals surface area contributed by atoms with Crippen LogP contribution in [0.1, 0.15) is 12.5 Å². The molecule has 0 unspecified atom stereocenters. The molecule has 24 heavy (non-hydrogen) atoms. The van der Waals surface area contributed by atoms with Crippen molar-refractivity contribution in [3.8, 4) is 5.75 Å². The van der Waals surface area contributed by atoms with Gasteiger partial charge in [-0.1, -0.05) is 24.3 Å². The number of benzene rings is 1. The van der Waals surface area contributed by atoms with Gasteiger partial charge in [-0.2, -0.15) is 0 Å². The Kier molecular flexibility index (Phi) is 6.20. The summed E-state index contributed by atoms with van der Waals surface area (Å²) in [5.74, 6) is -0.412. The highest BCUT2D eigenvalue weighted by Gasteiger charge is 2.34. The Balaban J connectivity index is 2.18. The van der Waals surface area contributed by atoms with Crippen LogP contribution in [0.15, 0.2) is 41.8 Å². The van der Waals surface area contributed by atoms with Crippen LogP contribution in [0.4, 0.5) is 4.79 Å². The zero-order valence-corrected chi connectivity index (χ0v) is 14.0. The highest BCUT2D eigenvalue weighted by molar-refractivity contribution is 8.18. The molecule has 0 N–H and O–H groups in total. The van der Waals surface area contributed by atoms with Crippen LogP contribution in [0.5, 0.6) is 5.75 Å². The van der Waals surface area contributed by atoms with Crippen LogP contribution in [-0.2, 0) is 14.3 Å². The molecule has 0 atom stereocenters. The highest BCUT2D eigenvalue weighted by atomic mass is 32.2. The number of hydrogen-bond acceptors (Lipinski definition) is 6. The lowest BCUT2D eigenvalue weighted by atomic mass is 10.2. The molecule has 6 nitrogen and oxygen atoms in total. The average Bonchev–Trinajstić information content (AvgIpc) is 2.82. The van der Waals surface area contributed by atoms with E-state index in [9.17, 15) is 14.4 Å². The number of amides is 2. The minimum absolute atomic E-state index is 0.170. The molecule has 1 fully saturated rings. The summed E-state index contributed by atoms with van der Waals surface area (Å²) in [7, 11) is 0. The maximum Gasteiger partial charge on any atom is 0.344 e. The van der Waals surface area contributed by atoms with Crippen molar-refractivity contribution in [1.82, 2.24) is 4.90 Å². The smallest absolute Gasteiger partial charge is 0.344 e. The summed E-state index contributed by atoms with van der Waals surface area (Å²) in [6.45, 7) is 5.47. The molecular formula is C17H17NO5S. The average molecular weight is 347 g/mol. The van der Waals surface area contributed by atoms with Gasteiger partial charge in [-0.3, -0.25) is 14.5 Å². The van der Waals surface area contributed by atoms with Crippen molar-refractivity contribution in [2.45, 2.75) is 6.92 Å². The van der Waals surface area contributed by atoms with Gasteiger partial charge >= 0.3 is 5.97 Å². The second-order valence-electron chi connectivity index (χ2n) is 4.71. The third kappa shape index (κ3) is 4.26. The summed E-state index contributed by atoms with van der Waals surface area (Å²) in [6.07, 6.45) is 3.07. The Hall–Kier alpha value is -2.54. The van der Waals surface area contributed by atoms with E-state index in [0.717, 1.165) is 16.7 Å². The quantitative estimate of drug-likeness (QED) is 0.429. The zero-order valence-electron chi connectivity index (χ0n) is 13.2. The number of rotatable bonds is 7. The Morgan fingerprint density at radius 2 is 2.08 bits per heavy atom. The summed E-state index contributed by atoms with van der Waals surface area (Å²) >= 11 is 0.861. The lowest BCUT2D eigenvalue weighted by Crippen LogP contribution is -2.27. The third-order valence-corrected chi connectivity index (χ3v) is 3.95. The van der Waals surface area contributed by atoms with Crippen LogP contribution < -0.4 is 4.74 Å². The molecule has 0 aliphatic carbocycles. The fraction of sp³-hybridized carbons (Fsp3) is 0.235. The predicted molar refractivity (Wildman–Crippen MR) is 91.4 cm³/mol. The second-order valence-corrected chi connectivity index (χ2v) is 5.71. The van der Waals surface area contributed by atoms with Gasteiger partial charge in [0.15, 0.2) is 6.61 Å². The summed E-state index contributed by atoms with van der Waals surface area (Å²) in [5, 5.41) is -0.337. The predicted octanol–water partition coefficient (Wildman–Crippen LogP) is 2.85. The van der Waals surface area contributed by atoms with Gasteiger partial charge in [0.25, 0.3) is 11.1 Å². The summed E-state index contributed by atoms with van der Waals surface area (Å²) in [4.78, 5) is 36.9. The number of hydrogen-bond donors (Lipinski definition) is 0. The van der Waals surface area contributed by atoms with Gasteiger partial charge < -0.3 is 9.47 Å². The van der Waals surface area contributed by atoms with Gasteiger partial charge in [0, 0.05) is 12.1 Å². The van der Waals surface area contributed by atoms with Gasteiger partial charge in [0.2, 0.25) is 0 Å². The van der Waals surface area contributed by atoms with Crippen molar-refractivity contribution in [2.75, 3.05) is 19.8 Å². The van der Waals surface area contributed by atoms with E-state index in [1.165, 1.54) is 6.08 Å². The van der Waals surface area contributed by atoms with Gasteiger partial charge in [-0.15, -0.1) is 6.58 Å². The molecule has 7 heteroatoms. The largest absolute Gasteiger partial charge is 0.481 e. The Morgan fingerprint density at radius 1 is 1.33 bits per heavy atom. The number of nitrogens with zero attached hydrogens (tertiary/aromatic N) is 1. The monoisotopic (exact) mass is 347 g/mol. The number of carbonyl (C=O) groups excluding carboxylic acids is 3. The SMILES string of the molecule is C=CCN1C(=O)S/C(=C/c2ccccc2OCC(=O)OCC)C1=O. The van der Waals surface area contributed by atoms with E-state index >= 15 is 0 Å². The molecule has 0 spiro atoms. The highest BCUT2D eigenvalue weighted by Crippen LogP contribution is 2.33. The Morgan fingerprint density at radius 3 is 2.79 bits per heavy atom. The number of thioether (sulfide) groups is 1. The zero-order chi connectivity index (χ0) is 17.5. The molecular weight excluding hydrogens is 330 g/mol. The molecule has 1 aromatic rings. The van der Waals surface area contributed by atoms with E-state index in [2.05, 4.69) is 6.58 Å². The van der Waals surface area contributed by atoms with E-state index in [4.69, 9.17) is 9.47 Å². The number of esters is 1. The first-order chi connectivity index (χ1) is 11.6. The fourth-order valence-electron chi connectivity index (χ4n) is 2.00. The minimum atomic E-state index is -0.474. The van der Waals surface area contributed by atoms with Crippen LogP contribution in [0.25, 0.3) is 6.08 Å². The van der Waals surface area contributed by atoms with Crippen LogP contribution in [0.3, 0.4) is 0 Å². The Bertz CT molecular complexity index is 698. The van der Waals surface area contributed by atoms with Gasteiger partial charge in [-0.05, 0) is 30.8 Å². The minimum Gasteiger partial charge on any atom is -0.481 e. The molecule has 0 radical (unpaired) electrons. The van der Waals surface area contributed by atoms with Crippen molar-refractivity contribution in [1.29, 1.82) is 0 Å². The van der Waals surface area contributed by atoms with Crippen molar-refractivity contribution >= 4 is 35.0 Å². The van der Waals surface area contributed by atoms with Gasteiger partial charge in [0.1, 0.15) is 5.75 Å². The molecule has 1 aliphatic heterocycles. The van der Waals surface area contributed by atoms with Gasteiger partial charge in [0.05, 0.1) is 11.5 Å². The van der Waals surface area contributed by atoms with E-state index < -0.39 is 5.97 Å². The number of para-hydroxylation sites is 1. The number of ether oxygens (including phenoxy) is 2. The van der Waals surface area contributed by atoms with E-state index in [0.29, 0.717) is 16.2 Å². The Labute approximate surface area is 144 Å². The topological polar surface area (TPSA) is 72.9 Å². The van der Waals surface area contributed by atoms with Gasteiger partial charge in [-0.25, -0.2) is 4.79 Å². The first kappa shape index (κ1) is 17.8. The molecule has 126 valence electrons. The van der Waals surface area contributed by atoms with Crippen molar-refractivity contribution in [3.63, 3.8) is 0 Å². The lowest BCUT2D eigenvalue weighted by molar-refractivity contribution is -0.145. The molecule has 2 rings (SSSR count). The molecule has 0 saturated carbocycles. The number of imide groups is 1. The molecule has 1 saturated heterocycles. The molecule has 1 aromatic carbocycles. The molecule has 0 aromatic heterocycles. The van der Waals surface area contributed by atoms with Crippen molar-refractivity contribution < 1.29 is 23.9 Å². The summed E-state index contributed by atoms with van der Waals surface area (Å²) < 4.78 is 10.3. The van der Waals surface area contributed by atoms with Crippen LogP contribution in [0.2, 0.25) is 0 Å². The second kappa shape index (κ2) is 8.35. The molecule has 0 bridgehead atoms. The van der Waals surface area contributed by atoms with E-state index in [1.54, 1.807) is 37.3 Å². The molecule has 2 amide bonds. The lowest BCUT2D eigenvalue weighted by Gasteiger charge is -2.09. The summed E-state index contributed by atoms with van der Waals surface area (Å²) in [6, 6.07) is 6.94.